The molecule has 1 aromatic rings. The van der Waals surface area contributed by atoms with Crippen LogP contribution in [0, 0.1) is 11.8 Å². The summed E-state index contributed by atoms with van der Waals surface area (Å²) in [5.41, 5.74) is -0.141. The van der Waals surface area contributed by atoms with Crippen molar-refractivity contribution < 1.29 is 4.79 Å². The molecule has 110 valence electrons. The van der Waals surface area contributed by atoms with Crippen molar-refractivity contribution in [3.63, 3.8) is 0 Å². The van der Waals surface area contributed by atoms with E-state index in [9.17, 15) is 9.59 Å². The molecule has 1 aromatic heterocycles. The van der Waals surface area contributed by atoms with E-state index in [-0.39, 0.29) is 30.4 Å². The highest BCUT2D eigenvalue weighted by molar-refractivity contribution is 9.10. The van der Waals surface area contributed by atoms with Gasteiger partial charge < -0.3 is 14.8 Å². The lowest BCUT2D eigenvalue weighted by atomic mass is 10.0. The molecule has 3 rings (SSSR count). The van der Waals surface area contributed by atoms with E-state index in [2.05, 4.69) is 21.2 Å². The number of nitrogens with zero attached hydrogens (tertiary/aromatic N) is 2. The van der Waals surface area contributed by atoms with Crippen LogP contribution < -0.4 is 10.9 Å². The minimum absolute atomic E-state index is 0. The molecule has 1 N–H and O–H groups in total. The maximum Gasteiger partial charge on any atom is 0.251 e. The van der Waals surface area contributed by atoms with Gasteiger partial charge in [-0.2, -0.15) is 0 Å². The molecule has 2 saturated heterocycles. The van der Waals surface area contributed by atoms with E-state index in [1.165, 1.54) is 10.6 Å². The maximum absolute atomic E-state index is 12.2. The molecule has 5 nitrogen and oxygen atoms in total. The first-order valence-corrected chi connectivity index (χ1v) is 7.27. The highest BCUT2D eigenvalue weighted by Crippen LogP contribution is 2.26. The second-order valence-electron chi connectivity index (χ2n) is 5.29. The van der Waals surface area contributed by atoms with Gasteiger partial charge >= 0.3 is 0 Å². The van der Waals surface area contributed by atoms with Crippen LogP contribution in [0.15, 0.2) is 27.6 Å². The van der Waals surface area contributed by atoms with E-state index >= 15 is 0 Å². The van der Waals surface area contributed by atoms with Crippen LogP contribution >= 0.6 is 28.3 Å². The van der Waals surface area contributed by atoms with Crippen LogP contribution in [0.5, 0.6) is 0 Å². The van der Waals surface area contributed by atoms with Crippen molar-refractivity contribution in [3.8, 4) is 0 Å². The lowest BCUT2D eigenvalue weighted by molar-refractivity contribution is -0.131. The Morgan fingerprint density at radius 3 is 2.60 bits per heavy atom. The number of carbonyl (C=O) groups is 1. The zero-order valence-electron chi connectivity index (χ0n) is 10.9. The number of hydrogen-bond donors (Lipinski definition) is 1. The zero-order valence-corrected chi connectivity index (χ0v) is 13.3. The van der Waals surface area contributed by atoms with Gasteiger partial charge in [0, 0.05) is 42.9 Å². The Hall–Kier alpha value is -0.850. The Balaban J connectivity index is 0.00000147. The molecule has 0 aromatic carbocycles. The minimum atomic E-state index is -0.141. The van der Waals surface area contributed by atoms with Crippen molar-refractivity contribution in [2.45, 2.75) is 6.54 Å². The number of halogens is 2. The molecule has 0 unspecified atom stereocenters. The summed E-state index contributed by atoms with van der Waals surface area (Å²) in [6.07, 6.45) is 1.67. The van der Waals surface area contributed by atoms with Crippen LogP contribution in [0.1, 0.15) is 0 Å². The Labute approximate surface area is 131 Å². The van der Waals surface area contributed by atoms with Gasteiger partial charge in [-0.1, -0.05) is 0 Å². The average Bonchev–Trinajstić information content (AvgIpc) is 2.94. The van der Waals surface area contributed by atoms with Gasteiger partial charge in [0.2, 0.25) is 5.91 Å². The number of aromatic nitrogens is 1. The molecule has 20 heavy (non-hydrogen) atoms. The highest BCUT2D eigenvalue weighted by atomic mass is 79.9. The van der Waals surface area contributed by atoms with E-state index in [1.807, 2.05) is 4.90 Å². The van der Waals surface area contributed by atoms with Gasteiger partial charge in [0.25, 0.3) is 5.56 Å². The molecule has 1 amide bonds. The highest BCUT2D eigenvalue weighted by Gasteiger charge is 2.37. The molecule has 2 fully saturated rings. The Morgan fingerprint density at radius 1 is 1.30 bits per heavy atom. The quantitative estimate of drug-likeness (QED) is 0.843. The number of hydrogen-bond acceptors (Lipinski definition) is 3. The van der Waals surface area contributed by atoms with Gasteiger partial charge in [0.15, 0.2) is 0 Å². The zero-order chi connectivity index (χ0) is 13.4. The first kappa shape index (κ1) is 15.5. The lowest BCUT2D eigenvalue weighted by Gasteiger charge is -2.18. The summed E-state index contributed by atoms with van der Waals surface area (Å²) in [6.45, 7) is 3.78. The molecule has 0 spiro atoms. The molecule has 0 aliphatic carbocycles. The van der Waals surface area contributed by atoms with Crippen LogP contribution in [-0.2, 0) is 11.3 Å². The number of carbonyl (C=O) groups excluding carboxylic acids is 1. The summed E-state index contributed by atoms with van der Waals surface area (Å²) >= 11 is 3.32. The monoisotopic (exact) mass is 361 g/mol. The second-order valence-corrected chi connectivity index (χ2v) is 6.21. The van der Waals surface area contributed by atoms with Crippen molar-refractivity contribution in [2.24, 2.45) is 11.8 Å². The van der Waals surface area contributed by atoms with E-state index in [0.717, 1.165) is 30.7 Å². The first-order valence-electron chi connectivity index (χ1n) is 6.48. The third-order valence-electron chi connectivity index (χ3n) is 4.00. The fourth-order valence-corrected chi connectivity index (χ4v) is 3.31. The minimum Gasteiger partial charge on any atom is -0.340 e. The SMILES string of the molecule is Cl.O=C(Cn1cc(Br)ccc1=O)N1C[C@H]2CNC[C@H]2C1. The fourth-order valence-electron chi connectivity index (χ4n) is 2.93. The van der Waals surface area contributed by atoms with Crippen molar-refractivity contribution in [1.82, 2.24) is 14.8 Å². The molecule has 0 saturated carbocycles. The van der Waals surface area contributed by atoms with Crippen LogP contribution in [-0.4, -0.2) is 41.6 Å². The molecule has 7 heteroatoms. The van der Waals surface area contributed by atoms with Crippen molar-refractivity contribution >= 4 is 34.2 Å². The van der Waals surface area contributed by atoms with Crippen LogP contribution in [0.4, 0.5) is 0 Å². The predicted octanol–water partition coefficient (Wildman–Crippen LogP) is 0.710. The third kappa shape index (κ3) is 3.07. The van der Waals surface area contributed by atoms with Crippen LogP contribution in [0.3, 0.4) is 0 Å². The topological polar surface area (TPSA) is 54.3 Å². The molecule has 3 heterocycles. The fraction of sp³-hybridized carbons (Fsp3) is 0.538. The summed E-state index contributed by atoms with van der Waals surface area (Å²) in [5, 5.41) is 3.35. The van der Waals surface area contributed by atoms with Crippen molar-refractivity contribution in [1.29, 1.82) is 0 Å². The lowest BCUT2D eigenvalue weighted by Crippen LogP contribution is -2.36. The molecular weight excluding hydrogens is 346 g/mol. The number of pyridine rings is 1. The number of amides is 1. The van der Waals surface area contributed by atoms with E-state index in [1.54, 1.807) is 12.3 Å². The normalized spacial score (nSPS) is 24.4. The Kier molecular flexibility index (Phi) is 4.88. The van der Waals surface area contributed by atoms with Gasteiger partial charge in [-0.05, 0) is 33.8 Å². The predicted molar refractivity (Wildman–Crippen MR) is 82.1 cm³/mol. The van der Waals surface area contributed by atoms with Gasteiger partial charge in [-0.25, -0.2) is 0 Å². The first-order chi connectivity index (χ1) is 9.13. The number of fused-ring (bicyclic) bond motifs is 1. The maximum atomic E-state index is 12.2. The molecule has 2 atom stereocenters. The molecule has 2 aliphatic heterocycles. The molecule has 0 radical (unpaired) electrons. The van der Waals surface area contributed by atoms with Gasteiger partial charge in [0.1, 0.15) is 6.54 Å². The third-order valence-corrected chi connectivity index (χ3v) is 4.46. The summed E-state index contributed by atoms with van der Waals surface area (Å²) in [5.74, 6) is 1.21. The number of likely N-dealkylation sites (tertiary alicyclic amines) is 1. The second kappa shape index (κ2) is 6.28. The van der Waals surface area contributed by atoms with Gasteiger partial charge in [-0.15, -0.1) is 12.4 Å². The smallest absolute Gasteiger partial charge is 0.251 e. The summed E-state index contributed by atoms with van der Waals surface area (Å²) in [7, 11) is 0. The van der Waals surface area contributed by atoms with Crippen molar-refractivity contribution in [3.05, 3.63) is 33.2 Å². The van der Waals surface area contributed by atoms with E-state index in [0.29, 0.717) is 11.8 Å². The standard InChI is InChI=1S/C13H16BrN3O2.ClH/c14-11-1-2-12(18)17(7-11)8-13(19)16-5-9-3-15-4-10(9)6-16;/h1-2,7,9-10,15H,3-6,8H2;1H/t9-,10+;. The number of rotatable bonds is 2. The average molecular weight is 363 g/mol. The van der Waals surface area contributed by atoms with Crippen LogP contribution in [0.2, 0.25) is 0 Å². The van der Waals surface area contributed by atoms with Crippen LogP contribution in [0.25, 0.3) is 0 Å². The molecule has 2 aliphatic rings. The number of nitrogens with one attached hydrogen (secondary N) is 1. The summed E-state index contributed by atoms with van der Waals surface area (Å²) in [4.78, 5) is 25.8. The summed E-state index contributed by atoms with van der Waals surface area (Å²) < 4.78 is 2.26. The van der Waals surface area contributed by atoms with Crippen molar-refractivity contribution in [2.75, 3.05) is 26.2 Å². The Morgan fingerprint density at radius 2 is 1.95 bits per heavy atom. The summed E-state index contributed by atoms with van der Waals surface area (Å²) in [6, 6.07) is 3.16. The van der Waals surface area contributed by atoms with E-state index in [4.69, 9.17) is 0 Å². The van der Waals surface area contributed by atoms with Gasteiger partial charge in [-0.3, -0.25) is 9.59 Å². The van der Waals surface area contributed by atoms with Gasteiger partial charge in [0.05, 0.1) is 0 Å². The molecule has 0 bridgehead atoms. The van der Waals surface area contributed by atoms with E-state index < -0.39 is 0 Å². The molecular formula is C13H17BrClN3O2. The largest absolute Gasteiger partial charge is 0.340 e. The Bertz CT molecular complexity index is 551.